The highest BCUT2D eigenvalue weighted by atomic mass is 79.9. The normalized spacial score (nSPS) is 14.1. The molecule has 1 unspecified atom stereocenters. The summed E-state index contributed by atoms with van der Waals surface area (Å²) in [6, 6.07) is 0. The van der Waals surface area contributed by atoms with E-state index in [4.69, 9.17) is 0 Å². The Morgan fingerprint density at radius 1 is 1.65 bits per heavy atom. The molecule has 94 valence electrons. The van der Waals surface area contributed by atoms with E-state index in [1.165, 1.54) is 12.4 Å². The van der Waals surface area contributed by atoms with E-state index in [0.29, 0.717) is 16.6 Å². The van der Waals surface area contributed by atoms with Crippen LogP contribution < -0.4 is 5.32 Å². The molecule has 1 aromatic rings. The lowest BCUT2D eigenvalue weighted by atomic mass is 10.0. The highest BCUT2D eigenvalue weighted by molar-refractivity contribution is 9.10. The first-order chi connectivity index (χ1) is 7.87. The Labute approximate surface area is 107 Å². The molecule has 0 fully saturated rings. The second-order valence-corrected chi connectivity index (χ2v) is 4.83. The predicted octanol–water partition coefficient (Wildman–Crippen LogP) is 2.33. The summed E-state index contributed by atoms with van der Waals surface area (Å²) in [4.78, 5) is 14.0. The van der Waals surface area contributed by atoms with Crippen molar-refractivity contribution >= 4 is 27.3 Å². The molecule has 0 amide bonds. The first kappa shape index (κ1) is 13.9. The molecule has 0 bridgehead atoms. The maximum absolute atomic E-state index is 10.8. The Bertz CT molecular complexity index is 423. The SMILES string of the molecule is CCC(C)(O)CNc1c(Br)cncc1[N+](=O)[O-]. The van der Waals surface area contributed by atoms with E-state index >= 15 is 0 Å². The highest BCUT2D eigenvalue weighted by Gasteiger charge is 2.22. The summed E-state index contributed by atoms with van der Waals surface area (Å²) in [6.45, 7) is 3.74. The maximum atomic E-state index is 10.8. The quantitative estimate of drug-likeness (QED) is 0.644. The van der Waals surface area contributed by atoms with Crippen LogP contribution in [0.4, 0.5) is 11.4 Å². The van der Waals surface area contributed by atoms with E-state index in [2.05, 4.69) is 26.2 Å². The lowest BCUT2D eigenvalue weighted by molar-refractivity contribution is -0.384. The van der Waals surface area contributed by atoms with Gasteiger partial charge < -0.3 is 10.4 Å². The van der Waals surface area contributed by atoms with E-state index < -0.39 is 10.5 Å². The van der Waals surface area contributed by atoms with Crippen LogP contribution in [0.3, 0.4) is 0 Å². The van der Waals surface area contributed by atoms with Gasteiger partial charge in [0.25, 0.3) is 0 Å². The molecule has 0 radical (unpaired) electrons. The molecule has 0 aliphatic rings. The van der Waals surface area contributed by atoms with Gasteiger partial charge in [-0.25, -0.2) is 0 Å². The van der Waals surface area contributed by atoms with Crippen LogP contribution in [0.1, 0.15) is 20.3 Å². The van der Waals surface area contributed by atoms with E-state index in [9.17, 15) is 15.2 Å². The Morgan fingerprint density at radius 3 is 2.82 bits per heavy atom. The van der Waals surface area contributed by atoms with Gasteiger partial charge in [0, 0.05) is 12.7 Å². The van der Waals surface area contributed by atoms with Gasteiger partial charge in [0.2, 0.25) is 0 Å². The minimum Gasteiger partial charge on any atom is -0.388 e. The minimum atomic E-state index is -0.906. The van der Waals surface area contributed by atoms with Crippen molar-refractivity contribution in [3.8, 4) is 0 Å². The number of hydrogen-bond donors (Lipinski definition) is 2. The number of halogens is 1. The molecule has 2 N–H and O–H groups in total. The van der Waals surface area contributed by atoms with Gasteiger partial charge in [-0.3, -0.25) is 15.1 Å². The summed E-state index contributed by atoms with van der Waals surface area (Å²) in [5.74, 6) is 0. The minimum absolute atomic E-state index is 0.119. The summed E-state index contributed by atoms with van der Waals surface area (Å²) in [7, 11) is 0. The summed E-state index contributed by atoms with van der Waals surface area (Å²) in [6.07, 6.45) is 3.19. The zero-order valence-electron chi connectivity index (χ0n) is 9.61. The molecular formula is C10H14BrN3O3. The molecule has 0 aliphatic heterocycles. The fraction of sp³-hybridized carbons (Fsp3) is 0.500. The zero-order chi connectivity index (χ0) is 13.1. The number of aliphatic hydroxyl groups is 1. The average Bonchev–Trinajstić information content (AvgIpc) is 2.27. The van der Waals surface area contributed by atoms with Crippen molar-refractivity contribution in [1.29, 1.82) is 0 Å². The van der Waals surface area contributed by atoms with Gasteiger partial charge >= 0.3 is 5.69 Å². The topological polar surface area (TPSA) is 88.3 Å². The van der Waals surface area contributed by atoms with Crippen molar-refractivity contribution in [1.82, 2.24) is 4.98 Å². The first-order valence-corrected chi connectivity index (χ1v) is 5.91. The molecule has 1 atom stereocenters. The first-order valence-electron chi connectivity index (χ1n) is 5.11. The molecule has 0 saturated carbocycles. The predicted molar refractivity (Wildman–Crippen MR) is 68.0 cm³/mol. The number of nitro groups is 1. The maximum Gasteiger partial charge on any atom is 0.311 e. The number of rotatable bonds is 5. The van der Waals surface area contributed by atoms with Crippen LogP contribution in [0.15, 0.2) is 16.9 Å². The van der Waals surface area contributed by atoms with Crippen molar-refractivity contribution in [3.05, 3.63) is 27.0 Å². The largest absolute Gasteiger partial charge is 0.388 e. The summed E-state index contributed by atoms with van der Waals surface area (Å²) in [5.41, 5.74) is -0.693. The number of aromatic nitrogens is 1. The number of nitrogens with one attached hydrogen (secondary N) is 1. The standard InChI is InChI=1S/C10H14BrN3O3/c1-3-10(2,15)6-13-9-7(11)4-12-5-8(9)14(16)17/h4-5,15H,3,6H2,1-2H3,(H,12,13). The van der Waals surface area contributed by atoms with E-state index in [1.54, 1.807) is 6.92 Å². The van der Waals surface area contributed by atoms with E-state index in [0.717, 1.165) is 0 Å². The molecule has 7 heteroatoms. The number of pyridine rings is 1. The van der Waals surface area contributed by atoms with Crippen molar-refractivity contribution in [2.24, 2.45) is 0 Å². The smallest absolute Gasteiger partial charge is 0.311 e. The molecule has 1 rings (SSSR count). The second-order valence-electron chi connectivity index (χ2n) is 3.98. The molecule has 0 aliphatic carbocycles. The van der Waals surface area contributed by atoms with Gasteiger partial charge in [-0.2, -0.15) is 0 Å². The molecule has 0 aromatic carbocycles. The van der Waals surface area contributed by atoms with Crippen LogP contribution in [0.2, 0.25) is 0 Å². The lowest BCUT2D eigenvalue weighted by Crippen LogP contribution is -2.32. The average molecular weight is 304 g/mol. The second kappa shape index (κ2) is 5.42. The molecule has 6 nitrogen and oxygen atoms in total. The highest BCUT2D eigenvalue weighted by Crippen LogP contribution is 2.31. The van der Waals surface area contributed by atoms with Crippen molar-refractivity contribution in [3.63, 3.8) is 0 Å². The van der Waals surface area contributed by atoms with Crippen molar-refractivity contribution in [2.75, 3.05) is 11.9 Å². The van der Waals surface area contributed by atoms with Gasteiger partial charge in [0.1, 0.15) is 11.9 Å². The Kier molecular flexibility index (Phi) is 4.41. The Hall–Kier alpha value is -1.21. The molecule has 1 aromatic heterocycles. The van der Waals surface area contributed by atoms with Crippen molar-refractivity contribution < 1.29 is 10.0 Å². The number of hydrogen-bond acceptors (Lipinski definition) is 5. The number of anilines is 1. The van der Waals surface area contributed by atoms with Crippen LogP contribution in [0, 0.1) is 10.1 Å². The van der Waals surface area contributed by atoms with Crippen LogP contribution in [-0.4, -0.2) is 27.2 Å². The Morgan fingerprint density at radius 2 is 2.29 bits per heavy atom. The van der Waals surface area contributed by atoms with E-state index in [-0.39, 0.29) is 12.2 Å². The molecular weight excluding hydrogens is 290 g/mol. The molecule has 0 spiro atoms. The molecule has 17 heavy (non-hydrogen) atoms. The summed E-state index contributed by atoms with van der Waals surface area (Å²) in [5, 5.41) is 23.5. The van der Waals surface area contributed by atoms with Gasteiger partial charge in [-0.1, -0.05) is 6.92 Å². The third-order valence-electron chi connectivity index (χ3n) is 2.48. The van der Waals surface area contributed by atoms with Crippen molar-refractivity contribution in [2.45, 2.75) is 25.9 Å². The van der Waals surface area contributed by atoms with E-state index in [1.807, 2.05) is 6.92 Å². The lowest BCUT2D eigenvalue weighted by Gasteiger charge is -2.22. The van der Waals surface area contributed by atoms with Gasteiger partial charge in [0.15, 0.2) is 0 Å². The van der Waals surface area contributed by atoms with Gasteiger partial charge in [-0.15, -0.1) is 0 Å². The van der Waals surface area contributed by atoms with Gasteiger partial charge in [0.05, 0.1) is 15.0 Å². The summed E-state index contributed by atoms with van der Waals surface area (Å²) < 4.78 is 0.499. The molecule has 0 saturated heterocycles. The van der Waals surface area contributed by atoms with Crippen LogP contribution in [0.5, 0.6) is 0 Å². The number of nitrogens with zero attached hydrogens (tertiary/aromatic N) is 2. The third-order valence-corrected chi connectivity index (χ3v) is 3.09. The van der Waals surface area contributed by atoms with Crippen LogP contribution in [0.25, 0.3) is 0 Å². The Balaban J connectivity index is 2.94. The monoisotopic (exact) mass is 303 g/mol. The zero-order valence-corrected chi connectivity index (χ0v) is 11.2. The summed E-state index contributed by atoms with van der Waals surface area (Å²) >= 11 is 3.19. The molecule has 1 heterocycles. The third kappa shape index (κ3) is 3.64. The van der Waals surface area contributed by atoms with Crippen LogP contribution in [-0.2, 0) is 0 Å². The van der Waals surface area contributed by atoms with Crippen LogP contribution >= 0.6 is 15.9 Å². The fourth-order valence-electron chi connectivity index (χ4n) is 1.14. The fourth-order valence-corrected chi connectivity index (χ4v) is 1.60. The van der Waals surface area contributed by atoms with Gasteiger partial charge in [-0.05, 0) is 29.3 Å².